The number of ketones is 1. The number of hydrogen-bond acceptors (Lipinski definition) is 2. The highest BCUT2D eigenvalue weighted by Gasteiger charge is 2.05. The van der Waals surface area contributed by atoms with Crippen LogP contribution in [0.15, 0.2) is 54.6 Å². The summed E-state index contributed by atoms with van der Waals surface area (Å²) in [4.78, 5) is 12.2. The van der Waals surface area contributed by atoms with E-state index in [-0.39, 0.29) is 5.78 Å². The molecule has 2 aromatic rings. The second kappa shape index (κ2) is 8.33. The lowest BCUT2D eigenvalue weighted by Crippen LogP contribution is -2.05. The Bertz CT molecular complexity index is 669. The molecule has 2 heteroatoms. The topological polar surface area (TPSA) is 26.3 Å². The van der Waals surface area contributed by atoms with Crippen LogP contribution in [0, 0.1) is 5.92 Å². The summed E-state index contributed by atoms with van der Waals surface area (Å²) < 4.78 is 5.87. The van der Waals surface area contributed by atoms with Crippen molar-refractivity contribution in [3.8, 4) is 5.75 Å². The SMILES string of the molecule is CCc1ccc(OCC(C)C)c(C=CC(=O)c2ccccc2)c1. The Morgan fingerprint density at radius 3 is 2.52 bits per heavy atom. The summed E-state index contributed by atoms with van der Waals surface area (Å²) in [7, 11) is 0. The van der Waals surface area contributed by atoms with Gasteiger partial charge in [0.25, 0.3) is 0 Å². The molecule has 0 saturated heterocycles. The summed E-state index contributed by atoms with van der Waals surface area (Å²) in [5, 5.41) is 0. The zero-order valence-electron chi connectivity index (χ0n) is 14.1. The summed E-state index contributed by atoms with van der Waals surface area (Å²) in [6.45, 7) is 7.02. The molecular weight excluding hydrogens is 284 g/mol. The van der Waals surface area contributed by atoms with Crippen LogP contribution in [0.2, 0.25) is 0 Å². The summed E-state index contributed by atoms with van der Waals surface area (Å²) in [5.41, 5.74) is 2.88. The monoisotopic (exact) mass is 308 g/mol. The molecule has 2 nitrogen and oxygen atoms in total. The smallest absolute Gasteiger partial charge is 0.185 e. The highest BCUT2D eigenvalue weighted by Crippen LogP contribution is 2.23. The highest BCUT2D eigenvalue weighted by molar-refractivity contribution is 6.06. The lowest BCUT2D eigenvalue weighted by molar-refractivity contribution is 0.104. The Hall–Kier alpha value is -2.35. The molecule has 23 heavy (non-hydrogen) atoms. The quantitative estimate of drug-likeness (QED) is 0.520. The van der Waals surface area contributed by atoms with E-state index in [1.807, 2.05) is 42.5 Å². The predicted molar refractivity (Wildman–Crippen MR) is 96.0 cm³/mol. The summed E-state index contributed by atoms with van der Waals surface area (Å²) in [6, 6.07) is 15.5. The van der Waals surface area contributed by atoms with Crippen LogP contribution in [0.3, 0.4) is 0 Å². The van der Waals surface area contributed by atoms with Crippen molar-refractivity contribution in [2.45, 2.75) is 27.2 Å². The average molecular weight is 308 g/mol. The Labute approximate surface area is 138 Å². The highest BCUT2D eigenvalue weighted by atomic mass is 16.5. The minimum absolute atomic E-state index is 0.00214. The van der Waals surface area contributed by atoms with Crippen LogP contribution < -0.4 is 4.74 Å². The largest absolute Gasteiger partial charge is 0.493 e. The standard InChI is InChI=1S/C21H24O2/c1-4-17-10-13-21(23-15-16(2)3)19(14-17)11-12-20(22)18-8-6-5-7-9-18/h5-14,16H,4,15H2,1-3H3. The van der Waals surface area contributed by atoms with Gasteiger partial charge in [-0.15, -0.1) is 0 Å². The van der Waals surface area contributed by atoms with Gasteiger partial charge in [-0.3, -0.25) is 4.79 Å². The maximum atomic E-state index is 12.2. The molecule has 0 aliphatic carbocycles. The predicted octanol–water partition coefficient (Wildman–Crippen LogP) is 5.18. The number of aryl methyl sites for hydroxylation is 1. The maximum Gasteiger partial charge on any atom is 0.185 e. The van der Waals surface area contributed by atoms with Gasteiger partial charge in [0.15, 0.2) is 5.78 Å². The van der Waals surface area contributed by atoms with Gasteiger partial charge >= 0.3 is 0 Å². The third-order valence-corrected chi connectivity index (χ3v) is 3.53. The van der Waals surface area contributed by atoms with Crippen molar-refractivity contribution >= 4 is 11.9 Å². The van der Waals surface area contributed by atoms with Gasteiger partial charge in [-0.2, -0.15) is 0 Å². The van der Waals surface area contributed by atoms with Crippen LogP contribution >= 0.6 is 0 Å². The number of rotatable bonds is 7. The molecule has 0 saturated carbocycles. The molecule has 120 valence electrons. The van der Waals surface area contributed by atoms with Crippen molar-refractivity contribution in [3.63, 3.8) is 0 Å². The second-order valence-corrected chi connectivity index (χ2v) is 5.99. The molecular formula is C21H24O2. The summed E-state index contributed by atoms with van der Waals surface area (Å²) in [6.07, 6.45) is 4.43. The van der Waals surface area contributed by atoms with E-state index in [1.165, 1.54) is 5.56 Å². The molecule has 0 unspecified atom stereocenters. The fourth-order valence-electron chi connectivity index (χ4n) is 2.20. The van der Waals surface area contributed by atoms with E-state index in [9.17, 15) is 4.79 Å². The molecule has 0 radical (unpaired) electrons. The Morgan fingerprint density at radius 2 is 1.87 bits per heavy atom. The fraction of sp³-hybridized carbons (Fsp3) is 0.286. The Morgan fingerprint density at radius 1 is 1.13 bits per heavy atom. The molecule has 2 rings (SSSR count). The van der Waals surface area contributed by atoms with Gasteiger partial charge in [-0.1, -0.05) is 57.2 Å². The van der Waals surface area contributed by atoms with Gasteiger partial charge in [0.1, 0.15) is 5.75 Å². The average Bonchev–Trinajstić information content (AvgIpc) is 2.58. The van der Waals surface area contributed by atoms with Gasteiger partial charge < -0.3 is 4.74 Å². The molecule has 0 atom stereocenters. The van der Waals surface area contributed by atoms with Gasteiger partial charge in [0.05, 0.1) is 6.61 Å². The summed E-state index contributed by atoms with van der Waals surface area (Å²) >= 11 is 0. The molecule has 0 bridgehead atoms. The van der Waals surface area contributed by atoms with Crippen molar-refractivity contribution in [1.29, 1.82) is 0 Å². The van der Waals surface area contributed by atoms with Crippen molar-refractivity contribution in [2.24, 2.45) is 5.92 Å². The van der Waals surface area contributed by atoms with Crippen LogP contribution in [0.5, 0.6) is 5.75 Å². The molecule has 2 aromatic carbocycles. The first-order valence-corrected chi connectivity index (χ1v) is 8.13. The zero-order valence-corrected chi connectivity index (χ0v) is 14.1. The van der Waals surface area contributed by atoms with Crippen molar-refractivity contribution < 1.29 is 9.53 Å². The minimum Gasteiger partial charge on any atom is -0.493 e. The second-order valence-electron chi connectivity index (χ2n) is 5.99. The third-order valence-electron chi connectivity index (χ3n) is 3.53. The lowest BCUT2D eigenvalue weighted by Gasteiger charge is -2.12. The molecule has 0 spiro atoms. The first-order valence-electron chi connectivity index (χ1n) is 8.13. The van der Waals surface area contributed by atoms with E-state index in [0.29, 0.717) is 18.1 Å². The first kappa shape index (κ1) is 17.0. The number of allylic oxidation sites excluding steroid dienone is 1. The molecule has 0 fully saturated rings. The number of ether oxygens (including phenoxy) is 1. The Balaban J connectivity index is 2.22. The molecule has 0 N–H and O–H groups in total. The van der Waals surface area contributed by atoms with E-state index in [4.69, 9.17) is 4.74 Å². The van der Waals surface area contributed by atoms with E-state index >= 15 is 0 Å². The van der Waals surface area contributed by atoms with Crippen LogP contribution in [-0.2, 0) is 6.42 Å². The van der Waals surface area contributed by atoms with Crippen LogP contribution in [0.1, 0.15) is 42.3 Å². The number of benzene rings is 2. The minimum atomic E-state index is 0.00214. The molecule has 0 heterocycles. The number of carbonyl (C=O) groups is 1. The maximum absolute atomic E-state index is 12.2. The van der Waals surface area contributed by atoms with Crippen molar-refractivity contribution in [1.82, 2.24) is 0 Å². The van der Waals surface area contributed by atoms with E-state index in [0.717, 1.165) is 17.7 Å². The number of carbonyl (C=O) groups excluding carboxylic acids is 1. The zero-order chi connectivity index (χ0) is 16.7. The van der Waals surface area contributed by atoms with E-state index < -0.39 is 0 Å². The van der Waals surface area contributed by atoms with E-state index in [2.05, 4.69) is 32.9 Å². The number of hydrogen-bond donors (Lipinski definition) is 0. The molecule has 0 aliphatic rings. The first-order chi connectivity index (χ1) is 11.1. The van der Waals surface area contributed by atoms with Gasteiger partial charge in [-0.25, -0.2) is 0 Å². The lowest BCUT2D eigenvalue weighted by atomic mass is 10.1. The van der Waals surface area contributed by atoms with Gasteiger partial charge in [0, 0.05) is 11.1 Å². The van der Waals surface area contributed by atoms with Gasteiger partial charge in [-0.05, 0) is 42.2 Å². The van der Waals surface area contributed by atoms with Crippen molar-refractivity contribution in [3.05, 3.63) is 71.3 Å². The summed E-state index contributed by atoms with van der Waals surface area (Å²) in [5.74, 6) is 1.29. The Kier molecular flexibility index (Phi) is 6.16. The molecule has 0 aliphatic heterocycles. The van der Waals surface area contributed by atoms with Crippen molar-refractivity contribution in [2.75, 3.05) is 6.61 Å². The molecule has 0 aromatic heterocycles. The van der Waals surface area contributed by atoms with E-state index in [1.54, 1.807) is 6.08 Å². The van der Waals surface area contributed by atoms with Crippen LogP contribution in [0.4, 0.5) is 0 Å². The fourth-order valence-corrected chi connectivity index (χ4v) is 2.20. The molecule has 0 amide bonds. The van der Waals surface area contributed by atoms with Gasteiger partial charge in [0.2, 0.25) is 0 Å². The third kappa shape index (κ3) is 5.10. The van der Waals surface area contributed by atoms with Crippen LogP contribution in [0.25, 0.3) is 6.08 Å². The normalized spacial score (nSPS) is 11.1. The van der Waals surface area contributed by atoms with Crippen LogP contribution in [-0.4, -0.2) is 12.4 Å².